The van der Waals surface area contributed by atoms with Crippen molar-refractivity contribution in [1.29, 1.82) is 0 Å². The molecule has 190 valence electrons. The number of H-pyrrole nitrogens is 1. The summed E-state index contributed by atoms with van der Waals surface area (Å²) in [5.74, 6) is -4.94. The number of carboxylic acids is 1. The molecule has 5 unspecified atom stereocenters. The van der Waals surface area contributed by atoms with Gasteiger partial charge in [-0.2, -0.15) is 0 Å². The summed E-state index contributed by atoms with van der Waals surface area (Å²) >= 11 is 0. The highest BCUT2D eigenvalue weighted by Gasteiger charge is 2.33. The quantitative estimate of drug-likeness (QED) is 0.135. The van der Waals surface area contributed by atoms with Gasteiger partial charge in [0, 0.05) is 18.3 Å². The van der Waals surface area contributed by atoms with Crippen LogP contribution < -0.4 is 27.4 Å². The normalized spacial score (nSPS) is 15.5. The van der Waals surface area contributed by atoms with E-state index in [2.05, 4.69) is 25.9 Å². The van der Waals surface area contributed by atoms with Gasteiger partial charge in [-0.15, -0.1) is 0 Å². The van der Waals surface area contributed by atoms with E-state index in [1.807, 2.05) is 0 Å². The molecule has 1 aromatic heterocycles. The molecule has 0 aliphatic heterocycles. The predicted molar refractivity (Wildman–Crippen MR) is 119 cm³/mol. The van der Waals surface area contributed by atoms with Gasteiger partial charge in [-0.05, 0) is 19.3 Å². The molecule has 34 heavy (non-hydrogen) atoms. The standard InChI is InChI=1S/C20H33N7O7/c1-9(2)4-14(20(33)34)26-19(32)16(10(3)28)27-18(31)13(6-15(22)29)25-17(30)12(21)5-11-7-23-8-24-11/h7-10,12-14,16,28H,4-6,21H2,1-3H3,(H2,22,29)(H,23,24)(H,25,30)(H,26,32)(H,27,31)(H,33,34). The van der Waals surface area contributed by atoms with Crippen LogP contribution in [-0.2, 0) is 30.4 Å². The number of aliphatic hydroxyl groups excluding tert-OH is 1. The van der Waals surface area contributed by atoms with Crippen LogP contribution in [0.15, 0.2) is 12.5 Å². The Balaban J connectivity index is 2.91. The first-order valence-corrected chi connectivity index (χ1v) is 10.6. The van der Waals surface area contributed by atoms with Gasteiger partial charge in [0.15, 0.2) is 0 Å². The van der Waals surface area contributed by atoms with Gasteiger partial charge in [-0.3, -0.25) is 19.2 Å². The van der Waals surface area contributed by atoms with Crippen LogP contribution in [0, 0.1) is 5.92 Å². The van der Waals surface area contributed by atoms with Gasteiger partial charge in [-0.25, -0.2) is 9.78 Å². The average molecular weight is 484 g/mol. The molecule has 0 aliphatic rings. The number of aromatic nitrogens is 2. The van der Waals surface area contributed by atoms with Crippen LogP contribution in [0.5, 0.6) is 0 Å². The van der Waals surface area contributed by atoms with E-state index in [4.69, 9.17) is 11.5 Å². The Labute approximate surface area is 196 Å². The highest BCUT2D eigenvalue weighted by atomic mass is 16.4. The third-order valence-corrected chi connectivity index (χ3v) is 4.75. The molecule has 0 radical (unpaired) electrons. The summed E-state index contributed by atoms with van der Waals surface area (Å²) in [4.78, 5) is 67.3. The van der Waals surface area contributed by atoms with Gasteiger partial charge in [0.25, 0.3) is 0 Å². The molecule has 1 aromatic rings. The number of nitrogens with two attached hydrogens (primary N) is 2. The van der Waals surface area contributed by atoms with E-state index < -0.39 is 66.3 Å². The number of aliphatic carboxylic acids is 1. The minimum absolute atomic E-state index is 0.0536. The maximum atomic E-state index is 12.8. The lowest BCUT2D eigenvalue weighted by atomic mass is 10.0. The van der Waals surface area contributed by atoms with Gasteiger partial charge in [0.2, 0.25) is 23.6 Å². The fourth-order valence-corrected chi connectivity index (χ4v) is 3.03. The van der Waals surface area contributed by atoms with Crippen molar-refractivity contribution in [1.82, 2.24) is 25.9 Å². The van der Waals surface area contributed by atoms with Crippen LogP contribution in [-0.4, -0.2) is 80.1 Å². The number of aliphatic hydroxyl groups is 1. The first kappa shape index (κ1) is 28.5. The lowest BCUT2D eigenvalue weighted by Crippen LogP contribution is -2.60. The molecule has 14 heteroatoms. The second kappa shape index (κ2) is 13.3. The average Bonchev–Trinajstić information content (AvgIpc) is 3.22. The minimum Gasteiger partial charge on any atom is -0.480 e. The number of hydrogen-bond acceptors (Lipinski definition) is 8. The Bertz CT molecular complexity index is 857. The molecule has 5 atom stereocenters. The largest absolute Gasteiger partial charge is 0.480 e. The lowest BCUT2D eigenvalue weighted by Gasteiger charge is -2.26. The van der Waals surface area contributed by atoms with E-state index in [-0.39, 0.29) is 18.8 Å². The number of nitrogens with one attached hydrogen (secondary N) is 4. The first-order valence-electron chi connectivity index (χ1n) is 10.6. The zero-order valence-electron chi connectivity index (χ0n) is 19.3. The van der Waals surface area contributed by atoms with Crippen molar-refractivity contribution in [2.45, 2.75) is 70.3 Å². The van der Waals surface area contributed by atoms with Gasteiger partial charge in [0.1, 0.15) is 18.1 Å². The smallest absolute Gasteiger partial charge is 0.326 e. The lowest BCUT2D eigenvalue weighted by molar-refractivity contribution is -0.143. The number of amides is 4. The SMILES string of the molecule is CC(C)CC(NC(=O)C(NC(=O)C(CC(N)=O)NC(=O)C(N)Cc1cnc[nH]1)C(C)O)C(=O)O. The minimum atomic E-state index is -1.56. The Kier molecular flexibility index (Phi) is 11.1. The number of imidazole rings is 1. The van der Waals surface area contributed by atoms with Gasteiger partial charge >= 0.3 is 5.97 Å². The number of primary amides is 1. The summed E-state index contributed by atoms with van der Waals surface area (Å²) < 4.78 is 0. The zero-order valence-corrected chi connectivity index (χ0v) is 19.3. The van der Waals surface area contributed by atoms with Crippen molar-refractivity contribution in [2.75, 3.05) is 0 Å². The van der Waals surface area contributed by atoms with Crippen molar-refractivity contribution in [3.05, 3.63) is 18.2 Å². The molecule has 10 N–H and O–H groups in total. The Hall–Kier alpha value is -3.52. The third kappa shape index (κ3) is 9.54. The van der Waals surface area contributed by atoms with Crippen molar-refractivity contribution >= 4 is 29.6 Å². The van der Waals surface area contributed by atoms with Crippen LogP contribution >= 0.6 is 0 Å². The molecule has 14 nitrogen and oxygen atoms in total. The molecular weight excluding hydrogens is 450 g/mol. The Morgan fingerprint density at radius 3 is 2.12 bits per heavy atom. The molecule has 0 aromatic carbocycles. The fraction of sp³-hybridized carbons (Fsp3) is 0.600. The van der Waals surface area contributed by atoms with E-state index in [9.17, 15) is 34.2 Å². The Morgan fingerprint density at radius 1 is 1.03 bits per heavy atom. The summed E-state index contributed by atoms with van der Waals surface area (Å²) in [5, 5.41) is 26.2. The number of aromatic amines is 1. The monoisotopic (exact) mass is 483 g/mol. The summed E-state index contributed by atoms with van der Waals surface area (Å²) in [7, 11) is 0. The molecule has 0 saturated heterocycles. The molecule has 0 aliphatic carbocycles. The van der Waals surface area contributed by atoms with Crippen molar-refractivity contribution in [3.63, 3.8) is 0 Å². The summed E-state index contributed by atoms with van der Waals surface area (Å²) in [6.45, 7) is 4.75. The zero-order chi connectivity index (χ0) is 26.0. The van der Waals surface area contributed by atoms with E-state index in [1.54, 1.807) is 13.8 Å². The van der Waals surface area contributed by atoms with Crippen LogP contribution in [0.2, 0.25) is 0 Å². The first-order chi connectivity index (χ1) is 15.8. The molecule has 0 spiro atoms. The topological polar surface area (TPSA) is 243 Å². The van der Waals surface area contributed by atoms with E-state index in [0.717, 1.165) is 0 Å². The summed E-state index contributed by atoms with van der Waals surface area (Å²) in [5.41, 5.74) is 11.6. The fourth-order valence-electron chi connectivity index (χ4n) is 3.03. The molecule has 0 fully saturated rings. The number of nitrogens with zero attached hydrogens (tertiary/aromatic N) is 1. The van der Waals surface area contributed by atoms with Crippen LogP contribution in [0.3, 0.4) is 0 Å². The number of carbonyl (C=O) groups excluding carboxylic acids is 4. The molecule has 1 rings (SSSR count). The van der Waals surface area contributed by atoms with Crippen LogP contribution in [0.1, 0.15) is 39.3 Å². The number of carboxylic acid groups (broad SMARTS) is 1. The van der Waals surface area contributed by atoms with E-state index in [1.165, 1.54) is 19.4 Å². The highest BCUT2D eigenvalue weighted by molar-refractivity contribution is 5.96. The number of hydrogen-bond donors (Lipinski definition) is 8. The number of carbonyl (C=O) groups is 5. The van der Waals surface area contributed by atoms with Crippen LogP contribution in [0.4, 0.5) is 0 Å². The molecule has 0 bridgehead atoms. The third-order valence-electron chi connectivity index (χ3n) is 4.75. The highest BCUT2D eigenvalue weighted by Crippen LogP contribution is 2.07. The second-order valence-electron chi connectivity index (χ2n) is 8.37. The number of rotatable bonds is 14. The Morgan fingerprint density at radius 2 is 1.65 bits per heavy atom. The van der Waals surface area contributed by atoms with Gasteiger partial charge in [-0.1, -0.05) is 13.8 Å². The van der Waals surface area contributed by atoms with Gasteiger partial charge in [0.05, 0.1) is 24.9 Å². The predicted octanol–water partition coefficient (Wildman–Crippen LogP) is -2.88. The maximum Gasteiger partial charge on any atom is 0.326 e. The molecular formula is C20H33N7O7. The van der Waals surface area contributed by atoms with Crippen molar-refractivity contribution in [2.24, 2.45) is 17.4 Å². The van der Waals surface area contributed by atoms with Gasteiger partial charge < -0.3 is 42.6 Å². The molecule has 0 saturated carbocycles. The maximum absolute atomic E-state index is 12.8. The summed E-state index contributed by atoms with van der Waals surface area (Å²) in [6.07, 6.45) is 1.03. The van der Waals surface area contributed by atoms with E-state index in [0.29, 0.717) is 5.69 Å². The van der Waals surface area contributed by atoms with Crippen LogP contribution in [0.25, 0.3) is 0 Å². The van der Waals surface area contributed by atoms with Crippen molar-refractivity contribution < 1.29 is 34.2 Å². The van der Waals surface area contributed by atoms with Crippen molar-refractivity contribution in [3.8, 4) is 0 Å². The summed E-state index contributed by atoms with van der Waals surface area (Å²) in [6, 6.07) is -5.38. The van der Waals surface area contributed by atoms with E-state index >= 15 is 0 Å². The molecule has 4 amide bonds. The second-order valence-corrected chi connectivity index (χ2v) is 8.37. The molecule has 1 heterocycles.